The maximum Gasteiger partial charge on any atom is 0.176 e. The van der Waals surface area contributed by atoms with E-state index in [0.29, 0.717) is 19.0 Å². The van der Waals surface area contributed by atoms with Crippen molar-refractivity contribution in [2.45, 2.75) is 45.4 Å². The van der Waals surface area contributed by atoms with E-state index in [2.05, 4.69) is 15.1 Å². The van der Waals surface area contributed by atoms with E-state index in [1.165, 1.54) is 5.56 Å². The van der Waals surface area contributed by atoms with Crippen molar-refractivity contribution in [1.82, 2.24) is 19.7 Å². The van der Waals surface area contributed by atoms with Crippen molar-refractivity contribution in [3.05, 3.63) is 41.7 Å². The molecule has 0 saturated heterocycles. The molecule has 0 fully saturated rings. The third-order valence-electron chi connectivity index (χ3n) is 2.99. The number of aromatic nitrogens is 4. The standard InChI is InChI=1S/C15H22N4O2/c1-15(2,20)11-19-14(17-13(18-19)10-21-3)5-4-12-6-8-16-9-7-12/h6-9,20H,4-5,10-11H2,1-3H3. The highest BCUT2D eigenvalue weighted by atomic mass is 16.5. The van der Waals surface area contributed by atoms with Crippen LogP contribution in [0.2, 0.25) is 0 Å². The molecule has 0 aliphatic heterocycles. The van der Waals surface area contributed by atoms with E-state index in [1.807, 2.05) is 12.1 Å². The van der Waals surface area contributed by atoms with Gasteiger partial charge in [-0.15, -0.1) is 0 Å². The van der Waals surface area contributed by atoms with E-state index < -0.39 is 5.60 Å². The summed E-state index contributed by atoms with van der Waals surface area (Å²) in [5, 5.41) is 14.4. The Balaban J connectivity index is 2.12. The third-order valence-corrected chi connectivity index (χ3v) is 2.99. The van der Waals surface area contributed by atoms with Gasteiger partial charge in [0.25, 0.3) is 0 Å². The van der Waals surface area contributed by atoms with Crippen LogP contribution in [0.4, 0.5) is 0 Å². The molecule has 2 heterocycles. The summed E-state index contributed by atoms with van der Waals surface area (Å²) in [7, 11) is 1.62. The van der Waals surface area contributed by atoms with Crippen LogP contribution in [0.1, 0.15) is 31.1 Å². The highest BCUT2D eigenvalue weighted by Crippen LogP contribution is 2.11. The first-order chi connectivity index (χ1) is 9.98. The second-order valence-electron chi connectivity index (χ2n) is 5.70. The van der Waals surface area contributed by atoms with Crippen LogP contribution in [0.5, 0.6) is 0 Å². The number of aliphatic hydroxyl groups is 1. The van der Waals surface area contributed by atoms with E-state index >= 15 is 0 Å². The minimum absolute atomic E-state index is 0.376. The number of rotatable bonds is 7. The monoisotopic (exact) mass is 290 g/mol. The van der Waals surface area contributed by atoms with Gasteiger partial charge in [0, 0.05) is 25.9 Å². The van der Waals surface area contributed by atoms with Gasteiger partial charge >= 0.3 is 0 Å². The molecule has 6 nitrogen and oxygen atoms in total. The van der Waals surface area contributed by atoms with Crippen molar-refractivity contribution in [1.29, 1.82) is 0 Å². The maximum atomic E-state index is 9.99. The van der Waals surface area contributed by atoms with Gasteiger partial charge < -0.3 is 9.84 Å². The fourth-order valence-electron chi connectivity index (χ4n) is 2.10. The molecule has 21 heavy (non-hydrogen) atoms. The summed E-state index contributed by atoms with van der Waals surface area (Å²) in [5.74, 6) is 1.51. The summed E-state index contributed by atoms with van der Waals surface area (Å²) in [5.41, 5.74) is 0.375. The van der Waals surface area contributed by atoms with Crippen molar-refractivity contribution in [3.8, 4) is 0 Å². The number of ether oxygens (including phenoxy) is 1. The summed E-state index contributed by atoms with van der Waals surface area (Å²) in [6.07, 6.45) is 5.19. The molecular formula is C15H22N4O2. The Morgan fingerprint density at radius 3 is 2.57 bits per heavy atom. The van der Waals surface area contributed by atoms with Gasteiger partial charge in [-0.05, 0) is 38.0 Å². The lowest BCUT2D eigenvalue weighted by Gasteiger charge is -2.17. The van der Waals surface area contributed by atoms with Crippen molar-refractivity contribution in [3.63, 3.8) is 0 Å². The number of nitrogens with zero attached hydrogens (tertiary/aromatic N) is 4. The molecule has 0 atom stereocenters. The van der Waals surface area contributed by atoms with Gasteiger partial charge in [0.05, 0.1) is 12.1 Å². The van der Waals surface area contributed by atoms with Gasteiger partial charge in [-0.2, -0.15) is 5.10 Å². The highest BCUT2D eigenvalue weighted by Gasteiger charge is 2.18. The molecule has 2 aromatic rings. The van der Waals surface area contributed by atoms with E-state index in [-0.39, 0.29) is 0 Å². The van der Waals surface area contributed by atoms with Gasteiger partial charge in [-0.1, -0.05) is 0 Å². The lowest BCUT2D eigenvalue weighted by Crippen LogP contribution is -2.28. The van der Waals surface area contributed by atoms with Crippen LogP contribution in [0.25, 0.3) is 0 Å². The van der Waals surface area contributed by atoms with Crippen LogP contribution in [0.3, 0.4) is 0 Å². The minimum Gasteiger partial charge on any atom is -0.389 e. The van der Waals surface area contributed by atoms with E-state index in [1.54, 1.807) is 38.0 Å². The first-order valence-electron chi connectivity index (χ1n) is 7.01. The zero-order valence-electron chi connectivity index (χ0n) is 12.8. The zero-order chi connectivity index (χ0) is 15.3. The van der Waals surface area contributed by atoms with Crippen LogP contribution in [-0.4, -0.2) is 37.6 Å². The Kier molecular flexibility index (Phi) is 5.03. The van der Waals surface area contributed by atoms with Crippen LogP contribution >= 0.6 is 0 Å². The minimum atomic E-state index is -0.830. The molecule has 0 radical (unpaired) electrons. The normalized spacial score (nSPS) is 11.8. The first-order valence-corrected chi connectivity index (χ1v) is 7.01. The molecule has 0 bridgehead atoms. The second-order valence-corrected chi connectivity index (χ2v) is 5.70. The fourth-order valence-corrected chi connectivity index (χ4v) is 2.10. The summed E-state index contributed by atoms with van der Waals surface area (Å²) in [6.45, 7) is 4.31. The van der Waals surface area contributed by atoms with Crippen molar-refractivity contribution < 1.29 is 9.84 Å². The lowest BCUT2D eigenvalue weighted by molar-refractivity contribution is 0.0563. The van der Waals surface area contributed by atoms with Gasteiger partial charge in [-0.3, -0.25) is 4.98 Å². The summed E-state index contributed by atoms with van der Waals surface area (Å²) < 4.78 is 6.85. The van der Waals surface area contributed by atoms with Crippen LogP contribution in [0, 0.1) is 0 Å². The Bertz CT molecular complexity index is 561. The summed E-state index contributed by atoms with van der Waals surface area (Å²) in [4.78, 5) is 8.51. The lowest BCUT2D eigenvalue weighted by atomic mass is 10.1. The Morgan fingerprint density at radius 2 is 1.95 bits per heavy atom. The molecule has 0 amide bonds. The van der Waals surface area contributed by atoms with E-state index in [0.717, 1.165) is 18.7 Å². The third kappa shape index (κ3) is 4.91. The smallest absolute Gasteiger partial charge is 0.176 e. The van der Waals surface area contributed by atoms with Crippen LogP contribution in [0.15, 0.2) is 24.5 Å². The van der Waals surface area contributed by atoms with E-state index in [9.17, 15) is 5.11 Å². The molecule has 6 heteroatoms. The Labute approximate surface area is 124 Å². The van der Waals surface area contributed by atoms with Crippen molar-refractivity contribution >= 4 is 0 Å². The predicted molar refractivity (Wildman–Crippen MR) is 78.7 cm³/mol. The average molecular weight is 290 g/mol. The molecule has 0 aliphatic rings. The van der Waals surface area contributed by atoms with Gasteiger partial charge in [0.2, 0.25) is 0 Å². The Morgan fingerprint density at radius 1 is 1.24 bits per heavy atom. The first kappa shape index (κ1) is 15.6. The van der Waals surface area contributed by atoms with Crippen LogP contribution in [-0.2, 0) is 30.7 Å². The number of methoxy groups -OCH3 is 1. The van der Waals surface area contributed by atoms with Crippen molar-refractivity contribution in [2.24, 2.45) is 0 Å². The second kappa shape index (κ2) is 6.78. The largest absolute Gasteiger partial charge is 0.389 e. The highest BCUT2D eigenvalue weighted by molar-refractivity contribution is 5.11. The van der Waals surface area contributed by atoms with Gasteiger partial charge in [0.1, 0.15) is 12.4 Å². The molecule has 0 aromatic carbocycles. The molecule has 0 aliphatic carbocycles. The van der Waals surface area contributed by atoms with Crippen LogP contribution < -0.4 is 0 Å². The fraction of sp³-hybridized carbons (Fsp3) is 0.533. The molecule has 2 aromatic heterocycles. The molecule has 1 N–H and O–H groups in total. The quantitative estimate of drug-likeness (QED) is 0.834. The summed E-state index contributed by atoms with van der Waals surface area (Å²) >= 11 is 0. The average Bonchev–Trinajstić information content (AvgIpc) is 2.78. The molecular weight excluding hydrogens is 268 g/mol. The predicted octanol–water partition coefficient (Wildman–Crippen LogP) is 1.38. The summed E-state index contributed by atoms with van der Waals surface area (Å²) in [6, 6.07) is 3.99. The van der Waals surface area contributed by atoms with Gasteiger partial charge in [-0.25, -0.2) is 9.67 Å². The molecule has 2 rings (SSSR count). The number of aryl methyl sites for hydroxylation is 2. The molecule has 0 unspecified atom stereocenters. The molecule has 114 valence electrons. The molecule has 0 spiro atoms. The number of hydrogen-bond donors (Lipinski definition) is 1. The van der Waals surface area contributed by atoms with Gasteiger partial charge in [0.15, 0.2) is 5.82 Å². The molecule has 0 saturated carbocycles. The number of hydrogen-bond acceptors (Lipinski definition) is 5. The van der Waals surface area contributed by atoms with Crippen molar-refractivity contribution in [2.75, 3.05) is 7.11 Å². The van der Waals surface area contributed by atoms with E-state index in [4.69, 9.17) is 4.74 Å². The maximum absolute atomic E-state index is 9.99. The number of pyridine rings is 1. The SMILES string of the molecule is COCc1nc(CCc2ccncc2)n(CC(C)(C)O)n1. The zero-order valence-corrected chi connectivity index (χ0v) is 12.8. The Hall–Kier alpha value is -1.79. The topological polar surface area (TPSA) is 73.1 Å².